The van der Waals surface area contributed by atoms with Crippen molar-refractivity contribution in [1.82, 2.24) is 14.9 Å². The molecule has 2 aromatic heterocycles. The van der Waals surface area contributed by atoms with Gasteiger partial charge in [0, 0.05) is 28.5 Å². The minimum atomic E-state index is 0.510. The SMILES string of the molecule is Cc1sc2nc(CN3CCCC3)nc(N3CCSC(C)C3C)c2c1C. The molecule has 4 rings (SSSR count). The molecule has 2 atom stereocenters. The number of nitrogens with zero attached hydrogens (tertiary/aromatic N) is 4. The third-order valence-electron chi connectivity index (χ3n) is 5.78. The van der Waals surface area contributed by atoms with Gasteiger partial charge in [-0.25, -0.2) is 9.97 Å². The molecule has 0 N–H and O–H groups in total. The highest BCUT2D eigenvalue weighted by Gasteiger charge is 2.29. The molecular weight excluding hydrogens is 348 g/mol. The van der Waals surface area contributed by atoms with Crippen LogP contribution in [0.1, 0.15) is 43.0 Å². The van der Waals surface area contributed by atoms with Gasteiger partial charge in [-0.1, -0.05) is 6.92 Å². The van der Waals surface area contributed by atoms with Crippen molar-refractivity contribution >= 4 is 39.1 Å². The van der Waals surface area contributed by atoms with Crippen molar-refractivity contribution in [2.24, 2.45) is 0 Å². The lowest BCUT2D eigenvalue weighted by molar-refractivity contribution is 0.323. The first-order valence-electron chi connectivity index (χ1n) is 9.42. The Morgan fingerprint density at radius 2 is 1.84 bits per heavy atom. The molecule has 0 radical (unpaired) electrons. The number of thiophene rings is 1. The maximum absolute atomic E-state index is 5.12. The molecule has 0 bridgehead atoms. The lowest BCUT2D eigenvalue weighted by Crippen LogP contribution is -2.45. The van der Waals surface area contributed by atoms with E-state index in [0.29, 0.717) is 11.3 Å². The molecule has 2 unspecified atom stereocenters. The summed E-state index contributed by atoms with van der Waals surface area (Å²) in [6.45, 7) is 13.5. The lowest BCUT2D eigenvalue weighted by Gasteiger charge is -2.39. The van der Waals surface area contributed by atoms with Crippen LogP contribution in [0.5, 0.6) is 0 Å². The Bertz CT molecular complexity index is 766. The van der Waals surface area contributed by atoms with Gasteiger partial charge in [-0.2, -0.15) is 11.8 Å². The molecule has 0 aromatic carbocycles. The average Bonchev–Trinajstić information content (AvgIpc) is 3.18. The van der Waals surface area contributed by atoms with Gasteiger partial charge in [-0.15, -0.1) is 11.3 Å². The highest BCUT2D eigenvalue weighted by molar-refractivity contribution is 8.00. The molecule has 0 saturated carbocycles. The second-order valence-corrected chi connectivity index (χ2v) is 10.1. The van der Waals surface area contributed by atoms with Crippen LogP contribution in [-0.2, 0) is 6.54 Å². The summed E-state index contributed by atoms with van der Waals surface area (Å²) in [5.74, 6) is 3.37. The van der Waals surface area contributed by atoms with Crippen LogP contribution in [0.15, 0.2) is 0 Å². The fourth-order valence-electron chi connectivity index (χ4n) is 3.92. The van der Waals surface area contributed by atoms with Crippen molar-refractivity contribution in [3.8, 4) is 0 Å². The van der Waals surface area contributed by atoms with Crippen molar-refractivity contribution in [3.05, 3.63) is 16.3 Å². The molecule has 2 aromatic rings. The summed E-state index contributed by atoms with van der Waals surface area (Å²) in [6, 6.07) is 0.510. The summed E-state index contributed by atoms with van der Waals surface area (Å²) in [4.78, 5) is 17.7. The number of fused-ring (bicyclic) bond motifs is 1. The lowest BCUT2D eigenvalue weighted by atomic mass is 10.1. The summed E-state index contributed by atoms with van der Waals surface area (Å²) < 4.78 is 0. The molecule has 2 fully saturated rings. The van der Waals surface area contributed by atoms with E-state index in [0.717, 1.165) is 18.9 Å². The molecule has 2 aliphatic rings. The van der Waals surface area contributed by atoms with Gasteiger partial charge in [0.1, 0.15) is 16.5 Å². The summed E-state index contributed by atoms with van der Waals surface area (Å²) in [6.07, 6.45) is 2.62. The fourth-order valence-corrected chi connectivity index (χ4v) is 6.06. The highest BCUT2D eigenvalue weighted by atomic mass is 32.2. The number of hydrogen-bond donors (Lipinski definition) is 0. The van der Waals surface area contributed by atoms with Crippen LogP contribution < -0.4 is 4.90 Å². The predicted molar refractivity (Wildman–Crippen MR) is 110 cm³/mol. The van der Waals surface area contributed by atoms with E-state index in [1.165, 1.54) is 58.2 Å². The smallest absolute Gasteiger partial charge is 0.146 e. The molecule has 25 heavy (non-hydrogen) atoms. The van der Waals surface area contributed by atoms with Gasteiger partial charge >= 0.3 is 0 Å². The zero-order valence-corrected chi connectivity index (χ0v) is 17.3. The molecule has 4 nitrogen and oxygen atoms in total. The third kappa shape index (κ3) is 3.28. The van der Waals surface area contributed by atoms with E-state index < -0.39 is 0 Å². The minimum Gasteiger partial charge on any atom is -0.351 e. The number of thioether (sulfide) groups is 1. The molecule has 4 heterocycles. The van der Waals surface area contributed by atoms with E-state index in [9.17, 15) is 0 Å². The van der Waals surface area contributed by atoms with Gasteiger partial charge in [-0.3, -0.25) is 4.90 Å². The van der Waals surface area contributed by atoms with Crippen molar-refractivity contribution in [2.75, 3.05) is 30.3 Å². The highest BCUT2D eigenvalue weighted by Crippen LogP contribution is 2.38. The maximum Gasteiger partial charge on any atom is 0.146 e. The third-order valence-corrected chi connectivity index (χ3v) is 8.21. The monoisotopic (exact) mass is 376 g/mol. The summed E-state index contributed by atoms with van der Waals surface area (Å²) >= 11 is 3.91. The van der Waals surface area contributed by atoms with Crippen LogP contribution >= 0.6 is 23.1 Å². The van der Waals surface area contributed by atoms with Crippen LogP contribution in [0.4, 0.5) is 5.82 Å². The number of hydrogen-bond acceptors (Lipinski definition) is 6. The maximum atomic E-state index is 5.12. The van der Waals surface area contributed by atoms with E-state index in [1.54, 1.807) is 0 Å². The quantitative estimate of drug-likeness (QED) is 0.800. The number of likely N-dealkylation sites (tertiary alicyclic amines) is 1. The molecule has 136 valence electrons. The summed E-state index contributed by atoms with van der Waals surface area (Å²) in [5.41, 5.74) is 1.36. The molecule has 0 aliphatic carbocycles. The molecule has 2 aliphatic heterocycles. The Balaban J connectivity index is 1.79. The van der Waals surface area contributed by atoms with Crippen LogP contribution in [0, 0.1) is 13.8 Å². The second-order valence-electron chi connectivity index (χ2n) is 7.42. The van der Waals surface area contributed by atoms with Crippen LogP contribution in [0.3, 0.4) is 0 Å². The van der Waals surface area contributed by atoms with Crippen molar-refractivity contribution < 1.29 is 0 Å². The molecule has 0 spiro atoms. The first-order valence-corrected chi connectivity index (χ1v) is 11.3. The van der Waals surface area contributed by atoms with Gasteiger partial charge in [0.05, 0.1) is 11.9 Å². The van der Waals surface area contributed by atoms with Gasteiger partial charge in [0.2, 0.25) is 0 Å². The number of aromatic nitrogens is 2. The van der Waals surface area contributed by atoms with Gasteiger partial charge in [0.25, 0.3) is 0 Å². The normalized spacial score (nSPS) is 25.2. The fraction of sp³-hybridized carbons (Fsp3) is 0.684. The Morgan fingerprint density at radius 3 is 2.60 bits per heavy atom. The second kappa shape index (κ2) is 7.05. The largest absolute Gasteiger partial charge is 0.351 e. The number of rotatable bonds is 3. The summed E-state index contributed by atoms with van der Waals surface area (Å²) in [5, 5.41) is 1.93. The Labute approximate surface area is 159 Å². The van der Waals surface area contributed by atoms with Crippen LogP contribution in [0.2, 0.25) is 0 Å². The van der Waals surface area contributed by atoms with E-state index in [1.807, 2.05) is 11.3 Å². The van der Waals surface area contributed by atoms with Gasteiger partial charge in [0.15, 0.2) is 0 Å². The zero-order chi connectivity index (χ0) is 17.6. The zero-order valence-electron chi connectivity index (χ0n) is 15.7. The molecule has 0 amide bonds. The van der Waals surface area contributed by atoms with E-state index in [4.69, 9.17) is 9.97 Å². The minimum absolute atomic E-state index is 0.510. The van der Waals surface area contributed by atoms with E-state index in [-0.39, 0.29) is 0 Å². The van der Waals surface area contributed by atoms with E-state index >= 15 is 0 Å². The average molecular weight is 377 g/mol. The first kappa shape index (κ1) is 17.6. The van der Waals surface area contributed by atoms with Crippen molar-refractivity contribution in [1.29, 1.82) is 0 Å². The summed E-state index contributed by atoms with van der Waals surface area (Å²) in [7, 11) is 0. The molecule has 2 saturated heterocycles. The van der Waals surface area contributed by atoms with Gasteiger partial charge in [-0.05, 0) is 52.3 Å². The Hall–Kier alpha value is -0.850. The Kier molecular flexibility index (Phi) is 4.95. The number of anilines is 1. The molecular formula is C19H28N4S2. The van der Waals surface area contributed by atoms with Crippen molar-refractivity contribution in [2.45, 2.75) is 58.4 Å². The Morgan fingerprint density at radius 1 is 1.08 bits per heavy atom. The van der Waals surface area contributed by atoms with Crippen LogP contribution in [0.25, 0.3) is 10.2 Å². The van der Waals surface area contributed by atoms with Gasteiger partial charge < -0.3 is 4.90 Å². The standard InChI is InChI=1S/C19H28N4S2/c1-12-14(3)25-19-17(12)18(23-9-10-24-15(4)13(23)2)20-16(21-19)11-22-7-5-6-8-22/h13,15H,5-11H2,1-4H3. The van der Waals surface area contributed by atoms with E-state index in [2.05, 4.69) is 49.3 Å². The van der Waals surface area contributed by atoms with Crippen LogP contribution in [-0.4, -0.2) is 51.5 Å². The predicted octanol–water partition coefficient (Wildman–Crippen LogP) is 4.23. The number of aryl methyl sites for hydroxylation is 2. The molecule has 6 heteroatoms. The van der Waals surface area contributed by atoms with Crippen molar-refractivity contribution in [3.63, 3.8) is 0 Å². The first-order chi connectivity index (χ1) is 12.0. The topological polar surface area (TPSA) is 32.3 Å².